The van der Waals surface area contributed by atoms with Gasteiger partial charge in [-0.15, -0.1) is 0 Å². The SMILES string of the molecule is Cc1cc(O)ccc1C(C)(C)NC(C)(C)N. The van der Waals surface area contributed by atoms with E-state index in [1.807, 2.05) is 26.8 Å². The molecule has 0 heterocycles. The third kappa shape index (κ3) is 3.22. The molecule has 16 heavy (non-hydrogen) atoms. The third-order valence-corrected chi connectivity index (χ3v) is 2.52. The lowest BCUT2D eigenvalue weighted by Crippen LogP contribution is -2.56. The summed E-state index contributed by atoms with van der Waals surface area (Å²) < 4.78 is 0. The van der Waals surface area contributed by atoms with Crippen LogP contribution in [0.3, 0.4) is 0 Å². The second kappa shape index (κ2) is 4.07. The van der Waals surface area contributed by atoms with Gasteiger partial charge in [-0.1, -0.05) is 6.07 Å². The van der Waals surface area contributed by atoms with Crippen LogP contribution < -0.4 is 11.1 Å². The van der Waals surface area contributed by atoms with Crippen molar-refractivity contribution in [3.8, 4) is 5.75 Å². The van der Waals surface area contributed by atoms with E-state index >= 15 is 0 Å². The average Bonchev–Trinajstić information content (AvgIpc) is 1.97. The molecule has 0 bridgehead atoms. The number of phenols is 1. The normalized spacial score (nSPS) is 12.9. The minimum absolute atomic E-state index is 0.226. The summed E-state index contributed by atoms with van der Waals surface area (Å²) in [6.07, 6.45) is 0. The fraction of sp³-hybridized carbons (Fsp3) is 0.538. The summed E-state index contributed by atoms with van der Waals surface area (Å²) in [6, 6.07) is 5.40. The van der Waals surface area contributed by atoms with Crippen LogP contribution in [0.5, 0.6) is 5.75 Å². The van der Waals surface area contributed by atoms with Gasteiger partial charge in [-0.05, 0) is 57.9 Å². The van der Waals surface area contributed by atoms with Crippen molar-refractivity contribution in [2.75, 3.05) is 0 Å². The lowest BCUT2D eigenvalue weighted by molar-refractivity contribution is 0.273. The summed E-state index contributed by atoms with van der Waals surface area (Å²) in [4.78, 5) is 0. The largest absolute Gasteiger partial charge is 0.508 e. The standard InChI is InChI=1S/C13H22N2O/c1-9-8-10(16)6-7-11(9)12(2,3)15-13(4,5)14/h6-8,15-16H,14H2,1-5H3. The first-order valence-corrected chi connectivity index (χ1v) is 5.50. The maximum atomic E-state index is 9.39. The van der Waals surface area contributed by atoms with E-state index < -0.39 is 5.66 Å². The van der Waals surface area contributed by atoms with Gasteiger partial charge in [-0.2, -0.15) is 0 Å². The highest BCUT2D eigenvalue weighted by molar-refractivity contribution is 5.37. The fourth-order valence-corrected chi connectivity index (χ4v) is 2.22. The summed E-state index contributed by atoms with van der Waals surface area (Å²) in [5.41, 5.74) is 7.52. The molecular formula is C13H22N2O. The monoisotopic (exact) mass is 222 g/mol. The number of nitrogens with one attached hydrogen (secondary N) is 1. The van der Waals surface area contributed by atoms with Crippen LogP contribution in [0, 0.1) is 6.92 Å². The van der Waals surface area contributed by atoms with E-state index in [9.17, 15) is 5.11 Å². The second-order valence-electron chi connectivity index (χ2n) is 5.47. The molecule has 90 valence electrons. The van der Waals surface area contributed by atoms with Crippen molar-refractivity contribution in [2.24, 2.45) is 5.73 Å². The summed E-state index contributed by atoms with van der Waals surface area (Å²) in [5, 5.41) is 12.8. The first-order chi connectivity index (χ1) is 7.12. The smallest absolute Gasteiger partial charge is 0.115 e. The van der Waals surface area contributed by atoms with Crippen LogP contribution >= 0.6 is 0 Å². The minimum Gasteiger partial charge on any atom is -0.508 e. The molecule has 0 aromatic heterocycles. The first kappa shape index (κ1) is 13.0. The van der Waals surface area contributed by atoms with E-state index in [1.165, 1.54) is 0 Å². The molecule has 0 aliphatic carbocycles. The van der Waals surface area contributed by atoms with Crippen LogP contribution in [0.2, 0.25) is 0 Å². The quantitative estimate of drug-likeness (QED) is 0.687. The molecule has 0 spiro atoms. The predicted octanol–water partition coefficient (Wildman–Crippen LogP) is 2.22. The molecule has 0 amide bonds. The highest BCUT2D eigenvalue weighted by atomic mass is 16.3. The van der Waals surface area contributed by atoms with Crippen molar-refractivity contribution >= 4 is 0 Å². The Hall–Kier alpha value is -1.06. The topological polar surface area (TPSA) is 58.3 Å². The van der Waals surface area contributed by atoms with Gasteiger partial charge in [-0.25, -0.2) is 0 Å². The Bertz CT molecular complexity index is 378. The van der Waals surface area contributed by atoms with E-state index in [2.05, 4.69) is 19.2 Å². The maximum absolute atomic E-state index is 9.39. The fourth-order valence-electron chi connectivity index (χ4n) is 2.22. The highest BCUT2D eigenvalue weighted by Crippen LogP contribution is 2.27. The highest BCUT2D eigenvalue weighted by Gasteiger charge is 2.27. The van der Waals surface area contributed by atoms with Crippen molar-refractivity contribution in [3.63, 3.8) is 0 Å². The van der Waals surface area contributed by atoms with Gasteiger partial charge in [0.1, 0.15) is 5.75 Å². The summed E-state index contributed by atoms with van der Waals surface area (Å²) in [7, 11) is 0. The summed E-state index contributed by atoms with van der Waals surface area (Å²) in [5.74, 6) is 0.295. The molecule has 0 saturated carbocycles. The van der Waals surface area contributed by atoms with Crippen molar-refractivity contribution in [2.45, 2.75) is 45.8 Å². The Morgan fingerprint density at radius 3 is 2.19 bits per heavy atom. The molecule has 0 unspecified atom stereocenters. The van der Waals surface area contributed by atoms with Crippen LogP contribution in [0.4, 0.5) is 0 Å². The number of nitrogens with two attached hydrogens (primary N) is 1. The molecular weight excluding hydrogens is 200 g/mol. The molecule has 0 aliphatic heterocycles. The van der Waals surface area contributed by atoms with Crippen molar-refractivity contribution < 1.29 is 5.11 Å². The van der Waals surface area contributed by atoms with E-state index in [0.717, 1.165) is 11.1 Å². The molecule has 0 fully saturated rings. The number of benzene rings is 1. The maximum Gasteiger partial charge on any atom is 0.115 e. The summed E-state index contributed by atoms with van der Waals surface area (Å²) in [6.45, 7) is 10.0. The van der Waals surface area contributed by atoms with Crippen molar-refractivity contribution in [3.05, 3.63) is 29.3 Å². The minimum atomic E-state index is -0.437. The average molecular weight is 222 g/mol. The number of aryl methyl sites for hydroxylation is 1. The Kier molecular flexibility index (Phi) is 3.31. The van der Waals surface area contributed by atoms with E-state index in [1.54, 1.807) is 12.1 Å². The van der Waals surface area contributed by atoms with E-state index in [0.29, 0.717) is 5.75 Å². The summed E-state index contributed by atoms with van der Waals surface area (Å²) >= 11 is 0. The van der Waals surface area contributed by atoms with Crippen molar-refractivity contribution in [1.29, 1.82) is 0 Å². The zero-order valence-electron chi connectivity index (χ0n) is 10.8. The van der Waals surface area contributed by atoms with Gasteiger partial charge in [0, 0.05) is 5.54 Å². The zero-order chi connectivity index (χ0) is 12.6. The second-order valence-corrected chi connectivity index (χ2v) is 5.47. The van der Waals surface area contributed by atoms with Crippen LogP contribution in [0.15, 0.2) is 18.2 Å². The van der Waals surface area contributed by atoms with Gasteiger partial charge in [0.05, 0.1) is 5.66 Å². The van der Waals surface area contributed by atoms with Gasteiger partial charge in [0.15, 0.2) is 0 Å². The van der Waals surface area contributed by atoms with Gasteiger partial charge in [0.2, 0.25) is 0 Å². The Morgan fingerprint density at radius 2 is 1.75 bits per heavy atom. The van der Waals surface area contributed by atoms with E-state index in [4.69, 9.17) is 5.73 Å². The van der Waals surface area contributed by atoms with Gasteiger partial charge in [-0.3, -0.25) is 5.32 Å². The van der Waals surface area contributed by atoms with Gasteiger partial charge >= 0.3 is 0 Å². The van der Waals surface area contributed by atoms with Gasteiger partial charge in [0.25, 0.3) is 0 Å². The Morgan fingerprint density at radius 1 is 1.19 bits per heavy atom. The number of phenolic OH excluding ortho intramolecular Hbond substituents is 1. The van der Waals surface area contributed by atoms with Crippen LogP contribution in [0.25, 0.3) is 0 Å². The first-order valence-electron chi connectivity index (χ1n) is 5.50. The molecule has 0 radical (unpaired) electrons. The van der Waals surface area contributed by atoms with E-state index in [-0.39, 0.29) is 5.54 Å². The molecule has 0 aliphatic rings. The number of hydrogen-bond acceptors (Lipinski definition) is 3. The number of hydrogen-bond donors (Lipinski definition) is 3. The molecule has 3 nitrogen and oxygen atoms in total. The number of rotatable bonds is 3. The van der Waals surface area contributed by atoms with Crippen LogP contribution in [-0.4, -0.2) is 10.8 Å². The number of aromatic hydroxyl groups is 1. The molecule has 3 heteroatoms. The molecule has 1 aromatic rings. The lowest BCUT2D eigenvalue weighted by Gasteiger charge is -2.36. The Balaban J connectivity index is 3.07. The molecule has 0 saturated heterocycles. The van der Waals surface area contributed by atoms with Gasteiger partial charge < -0.3 is 10.8 Å². The predicted molar refractivity (Wildman–Crippen MR) is 67.3 cm³/mol. The molecule has 1 rings (SSSR count). The van der Waals surface area contributed by atoms with Crippen molar-refractivity contribution in [1.82, 2.24) is 5.32 Å². The third-order valence-electron chi connectivity index (χ3n) is 2.52. The molecule has 1 aromatic carbocycles. The van der Waals surface area contributed by atoms with Crippen LogP contribution in [0.1, 0.15) is 38.8 Å². The van der Waals surface area contributed by atoms with Crippen LogP contribution in [-0.2, 0) is 5.54 Å². The molecule has 0 atom stereocenters. The molecule has 4 N–H and O–H groups in total. The zero-order valence-corrected chi connectivity index (χ0v) is 10.8. The lowest BCUT2D eigenvalue weighted by atomic mass is 9.89. The Labute approximate surface area is 97.7 Å².